The summed E-state index contributed by atoms with van der Waals surface area (Å²) in [5.41, 5.74) is 0. The van der Waals surface area contributed by atoms with Gasteiger partial charge in [-0.3, -0.25) is 9.59 Å². The second-order valence-corrected chi connectivity index (χ2v) is 12.3. The van der Waals surface area contributed by atoms with Crippen molar-refractivity contribution < 1.29 is 34.4 Å². The Morgan fingerprint density at radius 3 is 1.60 bits per heavy atom. The van der Waals surface area contributed by atoms with Crippen molar-refractivity contribution >= 4 is 11.9 Å². The van der Waals surface area contributed by atoms with Crippen molar-refractivity contribution in [2.24, 2.45) is 5.92 Å². The lowest BCUT2D eigenvalue weighted by atomic mass is 9.99. The van der Waals surface area contributed by atoms with E-state index in [0.717, 1.165) is 57.3 Å². The van der Waals surface area contributed by atoms with Gasteiger partial charge in [0.25, 0.3) is 0 Å². The number of hydrogen-bond acceptors (Lipinski definition) is 7. The van der Waals surface area contributed by atoms with Gasteiger partial charge in [0, 0.05) is 12.8 Å². The molecule has 7 heteroatoms. The molecule has 0 fully saturated rings. The van der Waals surface area contributed by atoms with Crippen molar-refractivity contribution in [2.45, 2.75) is 161 Å². The van der Waals surface area contributed by atoms with Gasteiger partial charge in [-0.25, -0.2) is 0 Å². The van der Waals surface area contributed by atoms with Crippen LogP contribution in [0.2, 0.25) is 0 Å². The molecule has 0 aliphatic heterocycles. The highest BCUT2D eigenvalue weighted by Gasteiger charge is 2.12. The zero-order valence-electron chi connectivity index (χ0n) is 28.8. The number of carbonyl (C=O) groups is 2. The highest BCUT2D eigenvalue weighted by atomic mass is 16.6. The number of esters is 2. The first-order chi connectivity index (χ1) is 21.8. The SMILES string of the molecule is CCCCC[C@H](O)/C=C/C=C\C/C=C\C=C\[C@H](O)CCCC(=O)OC[C@H](O)COC(=O)CCCCCCCCCCC(C)CC. The van der Waals surface area contributed by atoms with Gasteiger partial charge in [-0.15, -0.1) is 0 Å². The van der Waals surface area contributed by atoms with Crippen LogP contribution in [0.3, 0.4) is 0 Å². The second kappa shape index (κ2) is 31.7. The van der Waals surface area contributed by atoms with Gasteiger partial charge in [0.15, 0.2) is 0 Å². The third kappa shape index (κ3) is 31.5. The molecule has 1 unspecified atom stereocenters. The highest BCUT2D eigenvalue weighted by molar-refractivity contribution is 5.69. The van der Waals surface area contributed by atoms with Crippen molar-refractivity contribution in [3.8, 4) is 0 Å². The number of aliphatic hydroxyl groups is 3. The molecule has 45 heavy (non-hydrogen) atoms. The summed E-state index contributed by atoms with van der Waals surface area (Å²) in [7, 11) is 0. The molecule has 0 spiro atoms. The third-order valence-electron chi connectivity index (χ3n) is 7.82. The number of allylic oxidation sites excluding steroid dienone is 6. The Bertz CT molecular complexity index is 817. The van der Waals surface area contributed by atoms with E-state index in [9.17, 15) is 24.9 Å². The molecular formula is C38H66O7. The Morgan fingerprint density at radius 1 is 0.600 bits per heavy atom. The quantitative estimate of drug-likeness (QED) is 0.0413. The van der Waals surface area contributed by atoms with E-state index in [1.54, 1.807) is 12.2 Å². The monoisotopic (exact) mass is 634 g/mol. The normalized spacial score (nSPS) is 14.9. The third-order valence-corrected chi connectivity index (χ3v) is 7.82. The van der Waals surface area contributed by atoms with E-state index in [1.165, 1.54) is 44.9 Å². The van der Waals surface area contributed by atoms with E-state index in [4.69, 9.17) is 9.47 Å². The fourth-order valence-electron chi connectivity index (χ4n) is 4.63. The number of hydrogen-bond donors (Lipinski definition) is 3. The summed E-state index contributed by atoms with van der Waals surface area (Å²) < 4.78 is 10.2. The fourth-order valence-corrected chi connectivity index (χ4v) is 4.63. The molecule has 0 radical (unpaired) electrons. The molecule has 0 saturated heterocycles. The average Bonchev–Trinajstić information content (AvgIpc) is 3.02. The first kappa shape index (κ1) is 42.8. The van der Waals surface area contributed by atoms with Gasteiger partial charge < -0.3 is 24.8 Å². The molecule has 7 nitrogen and oxygen atoms in total. The molecule has 0 aromatic rings. The summed E-state index contributed by atoms with van der Waals surface area (Å²) in [5, 5.41) is 29.9. The van der Waals surface area contributed by atoms with Crippen LogP contribution in [0.5, 0.6) is 0 Å². The van der Waals surface area contributed by atoms with Crippen LogP contribution in [0, 0.1) is 5.92 Å². The maximum absolute atomic E-state index is 11.9. The molecule has 0 aromatic carbocycles. The van der Waals surface area contributed by atoms with Gasteiger partial charge in [-0.2, -0.15) is 0 Å². The van der Waals surface area contributed by atoms with Gasteiger partial charge in [0.05, 0.1) is 12.2 Å². The predicted molar refractivity (Wildman–Crippen MR) is 185 cm³/mol. The van der Waals surface area contributed by atoms with Gasteiger partial charge in [0.1, 0.15) is 19.3 Å². The zero-order chi connectivity index (χ0) is 33.4. The lowest BCUT2D eigenvalue weighted by Gasteiger charge is -2.12. The number of carbonyl (C=O) groups excluding carboxylic acids is 2. The number of aliphatic hydroxyl groups excluding tert-OH is 3. The molecule has 0 heterocycles. The first-order valence-electron chi connectivity index (χ1n) is 17.8. The maximum Gasteiger partial charge on any atom is 0.305 e. The highest BCUT2D eigenvalue weighted by Crippen LogP contribution is 2.15. The van der Waals surface area contributed by atoms with Crippen LogP contribution in [0.25, 0.3) is 0 Å². The molecule has 0 aliphatic rings. The predicted octanol–water partition coefficient (Wildman–Crippen LogP) is 8.47. The molecule has 0 rings (SSSR count). The van der Waals surface area contributed by atoms with Crippen LogP contribution in [0.4, 0.5) is 0 Å². The van der Waals surface area contributed by atoms with Gasteiger partial charge in [0.2, 0.25) is 0 Å². The summed E-state index contributed by atoms with van der Waals surface area (Å²) in [6, 6.07) is 0. The van der Waals surface area contributed by atoms with Crippen LogP contribution in [-0.2, 0) is 19.1 Å². The zero-order valence-corrected chi connectivity index (χ0v) is 28.8. The summed E-state index contributed by atoms with van der Waals surface area (Å²) in [6.45, 7) is 6.31. The van der Waals surface area contributed by atoms with Crippen molar-refractivity contribution in [1.82, 2.24) is 0 Å². The standard InChI is InChI=1S/C38H66O7/c1-4-6-18-25-34(39)26-20-15-11-9-12-16-21-27-35(40)28-23-30-38(43)45-32-36(41)31-44-37(42)29-22-17-13-8-7-10-14-19-24-33(3)5-2/h11-12,15-16,20-21,26-27,33-36,39-41H,4-10,13-14,17-19,22-25,28-32H2,1-3H3/b15-11-,16-12-,26-20+,27-21+/t33?,34-,35-,36+/m0/s1. The molecule has 0 amide bonds. The Balaban J connectivity index is 3.75. The minimum Gasteiger partial charge on any atom is -0.463 e. The minimum absolute atomic E-state index is 0.136. The van der Waals surface area contributed by atoms with Crippen molar-refractivity contribution in [1.29, 1.82) is 0 Å². The van der Waals surface area contributed by atoms with E-state index >= 15 is 0 Å². The lowest BCUT2D eigenvalue weighted by Crippen LogP contribution is -2.25. The molecule has 0 aromatic heterocycles. The average molecular weight is 635 g/mol. The number of unbranched alkanes of at least 4 members (excludes halogenated alkanes) is 9. The molecule has 4 atom stereocenters. The van der Waals surface area contributed by atoms with Crippen LogP contribution in [-0.4, -0.2) is 58.8 Å². The lowest BCUT2D eigenvalue weighted by molar-refractivity contribution is -0.152. The second-order valence-electron chi connectivity index (χ2n) is 12.3. The number of rotatable bonds is 30. The summed E-state index contributed by atoms with van der Waals surface area (Å²) in [6.07, 6.45) is 30.9. The minimum atomic E-state index is -1.05. The number of ether oxygens (including phenoxy) is 2. The van der Waals surface area contributed by atoms with E-state index < -0.39 is 18.2 Å². The maximum atomic E-state index is 11.9. The van der Waals surface area contributed by atoms with Crippen LogP contribution in [0.15, 0.2) is 48.6 Å². The van der Waals surface area contributed by atoms with Crippen molar-refractivity contribution in [2.75, 3.05) is 13.2 Å². The van der Waals surface area contributed by atoms with Crippen molar-refractivity contribution in [3.63, 3.8) is 0 Å². The Labute approximate surface area is 274 Å². The van der Waals surface area contributed by atoms with E-state index in [1.807, 2.05) is 36.5 Å². The molecular weight excluding hydrogens is 568 g/mol. The van der Waals surface area contributed by atoms with Gasteiger partial charge in [-0.1, -0.05) is 146 Å². The molecule has 0 saturated carbocycles. The Hall–Kier alpha value is -2.22. The van der Waals surface area contributed by atoms with E-state index in [2.05, 4.69) is 20.8 Å². The summed E-state index contributed by atoms with van der Waals surface area (Å²) in [4.78, 5) is 23.8. The molecule has 0 aliphatic carbocycles. The van der Waals surface area contributed by atoms with Gasteiger partial charge in [-0.05, 0) is 38.0 Å². The smallest absolute Gasteiger partial charge is 0.305 e. The van der Waals surface area contributed by atoms with Crippen LogP contribution < -0.4 is 0 Å². The van der Waals surface area contributed by atoms with Gasteiger partial charge >= 0.3 is 11.9 Å². The van der Waals surface area contributed by atoms with E-state index in [-0.39, 0.29) is 31.7 Å². The van der Waals surface area contributed by atoms with Crippen LogP contribution in [0.1, 0.15) is 143 Å². The summed E-state index contributed by atoms with van der Waals surface area (Å²) in [5.74, 6) is 0.0518. The fraction of sp³-hybridized carbons (Fsp3) is 0.737. The topological polar surface area (TPSA) is 113 Å². The Morgan fingerprint density at radius 2 is 1.07 bits per heavy atom. The molecule has 260 valence electrons. The largest absolute Gasteiger partial charge is 0.463 e. The van der Waals surface area contributed by atoms with Crippen LogP contribution >= 0.6 is 0 Å². The first-order valence-corrected chi connectivity index (χ1v) is 17.8. The molecule has 3 N–H and O–H groups in total. The summed E-state index contributed by atoms with van der Waals surface area (Å²) >= 11 is 0. The Kier molecular flexibility index (Phi) is 30.2. The van der Waals surface area contributed by atoms with Crippen molar-refractivity contribution in [3.05, 3.63) is 48.6 Å². The van der Waals surface area contributed by atoms with E-state index in [0.29, 0.717) is 19.3 Å². The molecule has 0 bridgehead atoms.